The molecule has 5 heteroatoms. The van der Waals surface area contributed by atoms with Crippen LogP contribution >= 0.6 is 0 Å². The van der Waals surface area contributed by atoms with Gasteiger partial charge in [-0.3, -0.25) is 9.78 Å². The molecule has 1 fully saturated rings. The third kappa shape index (κ3) is 3.08. The van der Waals surface area contributed by atoms with Gasteiger partial charge in [-0.05, 0) is 38.7 Å². The highest BCUT2D eigenvalue weighted by atomic mass is 16.4. The lowest BCUT2D eigenvalue weighted by atomic mass is 10.0. The van der Waals surface area contributed by atoms with Gasteiger partial charge in [0, 0.05) is 25.2 Å². The van der Waals surface area contributed by atoms with Crippen molar-refractivity contribution < 1.29 is 9.90 Å². The van der Waals surface area contributed by atoms with E-state index in [9.17, 15) is 10.1 Å². The van der Waals surface area contributed by atoms with E-state index >= 15 is 0 Å². The second-order valence-electron chi connectivity index (χ2n) is 5.39. The first kappa shape index (κ1) is 14.3. The summed E-state index contributed by atoms with van der Waals surface area (Å²) in [5.41, 5.74) is 3.24. The molecule has 0 amide bonds. The molecule has 0 saturated carbocycles. The van der Waals surface area contributed by atoms with E-state index in [1.807, 2.05) is 19.9 Å². The molecule has 0 bridgehead atoms. The van der Waals surface area contributed by atoms with Gasteiger partial charge < -0.3 is 10.0 Å². The molecule has 1 aliphatic rings. The van der Waals surface area contributed by atoms with Crippen LogP contribution in [0.1, 0.15) is 36.2 Å². The predicted molar refractivity (Wildman–Crippen MR) is 75.6 cm³/mol. The molecular weight excluding hydrogens is 254 g/mol. The number of carboxylic acid groups (broad SMARTS) is 1. The molecule has 1 saturated heterocycles. The minimum absolute atomic E-state index is 0.220. The standard InChI is InChI=1S/C15H19N3O2/c1-10-7-14(13(8-16)11(2)17-10)18-6-5-12(9-18)3-4-15(19)20/h7,12H,3-6,9H2,1-2H3,(H,19,20). The Morgan fingerprint density at radius 1 is 1.60 bits per heavy atom. The lowest BCUT2D eigenvalue weighted by Crippen LogP contribution is -2.21. The smallest absolute Gasteiger partial charge is 0.303 e. The first-order chi connectivity index (χ1) is 9.51. The molecule has 0 spiro atoms. The molecule has 1 aliphatic heterocycles. The van der Waals surface area contributed by atoms with Gasteiger partial charge in [0.15, 0.2) is 0 Å². The maximum Gasteiger partial charge on any atom is 0.303 e. The van der Waals surface area contributed by atoms with Gasteiger partial charge in [0.25, 0.3) is 0 Å². The second kappa shape index (κ2) is 5.91. The van der Waals surface area contributed by atoms with Crippen LogP contribution in [0.4, 0.5) is 5.69 Å². The monoisotopic (exact) mass is 273 g/mol. The summed E-state index contributed by atoms with van der Waals surface area (Å²) >= 11 is 0. The number of rotatable bonds is 4. The van der Waals surface area contributed by atoms with Crippen molar-refractivity contribution in [1.82, 2.24) is 4.98 Å². The molecule has 20 heavy (non-hydrogen) atoms. The second-order valence-corrected chi connectivity index (χ2v) is 5.39. The maximum atomic E-state index is 10.6. The van der Waals surface area contributed by atoms with Gasteiger partial charge in [-0.2, -0.15) is 5.26 Å². The van der Waals surface area contributed by atoms with Crippen LogP contribution < -0.4 is 4.90 Å². The molecule has 2 heterocycles. The number of aromatic nitrogens is 1. The van der Waals surface area contributed by atoms with E-state index in [0.717, 1.165) is 36.6 Å². The number of hydrogen-bond acceptors (Lipinski definition) is 4. The Labute approximate surface area is 118 Å². The molecule has 1 N–H and O–H groups in total. The lowest BCUT2D eigenvalue weighted by Gasteiger charge is -2.21. The third-order valence-electron chi connectivity index (χ3n) is 3.81. The van der Waals surface area contributed by atoms with Crippen molar-refractivity contribution in [2.75, 3.05) is 18.0 Å². The van der Waals surface area contributed by atoms with E-state index in [0.29, 0.717) is 17.9 Å². The molecule has 0 radical (unpaired) electrons. The van der Waals surface area contributed by atoms with E-state index in [4.69, 9.17) is 5.11 Å². The summed E-state index contributed by atoms with van der Waals surface area (Å²) in [5, 5.41) is 18.0. The van der Waals surface area contributed by atoms with Crippen LogP contribution in [0, 0.1) is 31.1 Å². The summed E-state index contributed by atoms with van der Waals surface area (Å²) in [6.45, 7) is 5.48. The number of hydrogen-bond donors (Lipinski definition) is 1. The summed E-state index contributed by atoms with van der Waals surface area (Å²) < 4.78 is 0. The number of carboxylic acids is 1. The summed E-state index contributed by atoms with van der Waals surface area (Å²) in [6.07, 6.45) is 1.91. The Balaban J connectivity index is 2.14. The van der Waals surface area contributed by atoms with E-state index in [2.05, 4.69) is 16.0 Å². The van der Waals surface area contributed by atoms with Crippen molar-refractivity contribution in [3.05, 3.63) is 23.0 Å². The zero-order valence-corrected chi connectivity index (χ0v) is 11.9. The van der Waals surface area contributed by atoms with Gasteiger partial charge in [0.2, 0.25) is 0 Å². The topological polar surface area (TPSA) is 77.2 Å². The van der Waals surface area contributed by atoms with Crippen LogP contribution in [0.25, 0.3) is 0 Å². The van der Waals surface area contributed by atoms with Gasteiger partial charge >= 0.3 is 5.97 Å². The predicted octanol–water partition coefficient (Wildman–Crippen LogP) is 2.26. The van der Waals surface area contributed by atoms with Crippen LogP contribution in [0.15, 0.2) is 6.07 Å². The van der Waals surface area contributed by atoms with Crippen LogP contribution in [0.3, 0.4) is 0 Å². The summed E-state index contributed by atoms with van der Waals surface area (Å²) in [7, 11) is 0. The quantitative estimate of drug-likeness (QED) is 0.910. The van der Waals surface area contributed by atoms with E-state index in [1.54, 1.807) is 0 Å². The number of carbonyl (C=O) groups is 1. The molecule has 1 atom stereocenters. The van der Waals surface area contributed by atoms with Gasteiger partial charge in [0.1, 0.15) is 6.07 Å². The average Bonchev–Trinajstić information content (AvgIpc) is 2.84. The van der Waals surface area contributed by atoms with Crippen molar-refractivity contribution in [2.45, 2.75) is 33.1 Å². The van der Waals surface area contributed by atoms with Crippen molar-refractivity contribution in [3.8, 4) is 6.07 Å². The van der Waals surface area contributed by atoms with Crippen LogP contribution in [0.2, 0.25) is 0 Å². The summed E-state index contributed by atoms with van der Waals surface area (Å²) in [5.74, 6) is -0.344. The minimum atomic E-state index is -0.739. The van der Waals surface area contributed by atoms with Crippen LogP contribution in [0.5, 0.6) is 0 Å². The summed E-state index contributed by atoms with van der Waals surface area (Å²) in [4.78, 5) is 17.1. The van der Waals surface area contributed by atoms with E-state index in [1.165, 1.54) is 0 Å². The third-order valence-corrected chi connectivity index (χ3v) is 3.81. The Morgan fingerprint density at radius 3 is 3.00 bits per heavy atom. The molecule has 0 aliphatic carbocycles. The largest absolute Gasteiger partial charge is 0.481 e. The Kier molecular flexibility index (Phi) is 4.23. The maximum absolute atomic E-state index is 10.6. The normalized spacial score (nSPS) is 18.1. The Hall–Kier alpha value is -2.09. The highest BCUT2D eigenvalue weighted by Gasteiger charge is 2.25. The van der Waals surface area contributed by atoms with Crippen molar-refractivity contribution in [1.29, 1.82) is 5.26 Å². The van der Waals surface area contributed by atoms with Crippen LogP contribution in [-0.2, 0) is 4.79 Å². The minimum Gasteiger partial charge on any atom is -0.481 e. The number of aliphatic carboxylic acids is 1. The van der Waals surface area contributed by atoms with Gasteiger partial charge in [0.05, 0.1) is 16.9 Å². The first-order valence-electron chi connectivity index (χ1n) is 6.86. The molecule has 106 valence electrons. The number of aryl methyl sites for hydroxylation is 2. The van der Waals surface area contributed by atoms with Crippen molar-refractivity contribution in [3.63, 3.8) is 0 Å². The van der Waals surface area contributed by atoms with Gasteiger partial charge in [-0.15, -0.1) is 0 Å². The highest BCUT2D eigenvalue weighted by Crippen LogP contribution is 2.30. The number of pyridine rings is 1. The van der Waals surface area contributed by atoms with Crippen LogP contribution in [-0.4, -0.2) is 29.1 Å². The average molecular weight is 273 g/mol. The van der Waals surface area contributed by atoms with E-state index < -0.39 is 5.97 Å². The Morgan fingerprint density at radius 2 is 2.35 bits per heavy atom. The van der Waals surface area contributed by atoms with Gasteiger partial charge in [-0.1, -0.05) is 0 Å². The molecular formula is C15H19N3O2. The molecule has 1 unspecified atom stereocenters. The Bertz CT molecular complexity index is 563. The summed E-state index contributed by atoms with van der Waals surface area (Å²) in [6, 6.07) is 4.18. The van der Waals surface area contributed by atoms with E-state index in [-0.39, 0.29) is 6.42 Å². The zero-order valence-electron chi connectivity index (χ0n) is 11.9. The molecule has 1 aromatic heterocycles. The molecule has 2 rings (SSSR count). The van der Waals surface area contributed by atoms with Crippen molar-refractivity contribution in [2.24, 2.45) is 5.92 Å². The lowest BCUT2D eigenvalue weighted by molar-refractivity contribution is -0.137. The van der Waals surface area contributed by atoms with Crippen molar-refractivity contribution >= 4 is 11.7 Å². The SMILES string of the molecule is Cc1cc(N2CCC(CCC(=O)O)C2)c(C#N)c(C)n1. The number of anilines is 1. The molecule has 5 nitrogen and oxygen atoms in total. The fraction of sp³-hybridized carbons (Fsp3) is 0.533. The van der Waals surface area contributed by atoms with Gasteiger partial charge in [-0.25, -0.2) is 0 Å². The first-order valence-corrected chi connectivity index (χ1v) is 6.86. The molecule has 0 aromatic carbocycles. The highest BCUT2D eigenvalue weighted by molar-refractivity contribution is 5.66. The fourth-order valence-electron chi connectivity index (χ4n) is 2.81. The number of nitriles is 1. The number of nitrogens with zero attached hydrogens (tertiary/aromatic N) is 3. The molecule has 1 aromatic rings. The zero-order chi connectivity index (χ0) is 14.7. The fourth-order valence-corrected chi connectivity index (χ4v) is 2.81.